The van der Waals surface area contributed by atoms with Crippen molar-refractivity contribution in [1.29, 1.82) is 0 Å². The molecule has 0 saturated carbocycles. The predicted molar refractivity (Wildman–Crippen MR) is 254 cm³/mol. The summed E-state index contributed by atoms with van der Waals surface area (Å²) >= 11 is 3.74. The van der Waals surface area contributed by atoms with Gasteiger partial charge in [0.05, 0.1) is 20.8 Å². The molecule has 0 saturated heterocycles. The minimum Gasteiger partial charge on any atom is -0.456 e. The Morgan fingerprint density at radius 3 is 1.52 bits per heavy atom. The Balaban J connectivity index is 1.03. The van der Waals surface area contributed by atoms with Gasteiger partial charge >= 0.3 is 0 Å². The molecule has 0 aliphatic carbocycles. The van der Waals surface area contributed by atoms with Crippen LogP contribution in [0.3, 0.4) is 0 Å². The van der Waals surface area contributed by atoms with Gasteiger partial charge in [0.15, 0.2) is 0 Å². The second kappa shape index (κ2) is 12.8. The summed E-state index contributed by atoms with van der Waals surface area (Å²) in [6, 6.07) is 66.4. The number of benzene rings is 8. The van der Waals surface area contributed by atoms with E-state index in [-0.39, 0.29) is 0 Å². The molecule has 0 fully saturated rings. The molecule has 0 bridgehead atoms. The quantitative estimate of drug-likeness (QED) is 0.156. The van der Waals surface area contributed by atoms with Gasteiger partial charge < -0.3 is 14.2 Å². The largest absolute Gasteiger partial charge is 0.456 e. The van der Waals surface area contributed by atoms with Gasteiger partial charge in [-0.25, -0.2) is 0 Å². The van der Waals surface area contributed by atoms with Crippen molar-refractivity contribution in [3.05, 3.63) is 182 Å². The van der Waals surface area contributed by atoms with Gasteiger partial charge in [0.1, 0.15) is 19.4 Å². The van der Waals surface area contributed by atoms with Crippen molar-refractivity contribution in [3.63, 3.8) is 0 Å². The number of nitrogens with zero attached hydrogens (tertiary/aromatic N) is 2. The van der Waals surface area contributed by atoms with Crippen molar-refractivity contribution < 1.29 is 4.42 Å². The van der Waals surface area contributed by atoms with Crippen LogP contribution in [-0.4, -0.2) is 8.07 Å². The van der Waals surface area contributed by atoms with Crippen molar-refractivity contribution in [2.45, 2.75) is 13.1 Å². The van der Waals surface area contributed by atoms with E-state index in [1.54, 1.807) is 0 Å². The van der Waals surface area contributed by atoms with E-state index in [0.29, 0.717) is 0 Å². The third-order valence-electron chi connectivity index (χ3n) is 12.0. The standard InChI is InChI=1S/C52H36N2OS2Si/c1-58(2)48-30-28-36(54(34-17-7-4-8-18-34)44-24-14-22-40-38-20-10-12-26-47(38)57-51(40)44)32-42(48)49-52(58)41-31-35(27-29-45(41)55-49)53(33-15-5-3-6-16-33)43-23-13-21-39-37-19-9-11-25-46(37)56-50(39)43/h3-32H,1-2H3. The fraction of sp³-hybridized carbons (Fsp3) is 0.0385. The van der Waals surface area contributed by atoms with E-state index in [1.165, 1.54) is 73.0 Å². The zero-order valence-corrected chi connectivity index (χ0v) is 34.6. The minimum atomic E-state index is -2.18. The summed E-state index contributed by atoms with van der Waals surface area (Å²) in [6.07, 6.45) is 0. The average molecular weight is 797 g/mol. The molecule has 276 valence electrons. The molecule has 0 amide bonds. The molecule has 11 aromatic rings. The van der Waals surface area contributed by atoms with E-state index in [9.17, 15) is 0 Å². The van der Waals surface area contributed by atoms with Crippen LogP contribution in [0.5, 0.6) is 0 Å². The van der Waals surface area contributed by atoms with Crippen LogP contribution in [0.2, 0.25) is 13.1 Å². The van der Waals surface area contributed by atoms with Crippen LogP contribution in [0.4, 0.5) is 34.1 Å². The van der Waals surface area contributed by atoms with E-state index in [0.717, 1.165) is 34.1 Å². The second-order valence-corrected chi connectivity index (χ2v) is 22.1. The van der Waals surface area contributed by atoms with Crippen molar-refractivity contribution in [1.82, 2.24) is 0 Å². The molecule has 0 radical (unpaired) electrons. The molecule has 3 nitrogen and oxygen atoms in total. The number of para-hydroxylation sites is 2. The van der Waals surface area contributed by atoms with E-state index >= 15 is 0 Å². The molecule has 58 heavy (non-hydrogen) atoms. The first-order valence-corrected chi connectivity index (χ1v) is 24.4. The summed E-state index contributed by atoms with van der Waals surface area (Å²) in [4.78, 5) is 4.86. The van der Waals surface area contributed by atoms with E-state index in [4.69, 9.17) is 4.42 Å². The third kappa shape index (κ3) is 4.96. The van der Waals surface area contributed by atoms with Crippen molar-refractivity contribution in [3.8, 4) is 11.3 Å². The van der Waals surface area contributed by atoms with Crippen LogP contribution in [-0.2, 0) is 0 Å². The molecule has 0 N–H and O–H groups in total. The number of hydrogen-bond acceptors (Lipinski definition) is 5. The SMILES string of the molecule is C[Si]1(C)c2ccc(N(c3ccccc3)c3cccc4c3sc3ccccc34)cc2-c2oc3ccc(N(c4ccccc4)c4cccc5c4sc4ccccc45)cc3c21. The summed E-state index contributed by atoms with van der Waals surface area (Å²) in [7, 11) is -2.18. The van der Waals surface area contributed by atoms with Gasteiger partial charge in [-0.1, -0.05) is 116 Å². The zero-order chi connectivity index (χ0) is 38.5. The van der Waals surface area contributed by atoms with Gasteiger partial charge in [-0.15, -0.1) is 22.7 Å². The number of fused-ring (bicyclic) bond motifs is 11. The summed E-state index contributed by atoms with van der Waals surface area (Å²) in [5.74, 6) is 1.02. The predicted octanol–water partition coefficient (Wildman–Crippen LogP) is 14.9. The lowest BCUT2D eigenvalue weighted by atomic mass is 10.1. The molecule has 1 aliphatic heterocycles. The molecule has 0 unspecified atom stereocenters. The highest BCUT2D eigenvalue weighted by molar-refractivity contribution is 7.26. The first-order chi connectivity index (χ1) is 28.5. The van der Waals surface area contributed by atoms with E-state index in [1.807, 2.05) is 22.7 Å². The molecular weight excluding hydrogens is 761 g/mol. The number of rotatable bonds is 6. The molecule has 3 aromatic heterocycles. The molecule has 0 atom stereocenters. The highest BCUT2D eigenvalue weighted by atomic mass is 32.1. The van der Waals surface area contributed by atoms with Gasteiger partial charge in [-0.05, 0) is 89.2 Å². The van der Waals surface area contributed by atoms with E-state index < -0.39 is 8.07 Å². The Kier molecular flexibility index (Phi) is 7.42. The first-order valence-electron chi connectivity index (χ1n) is 19.8. The lowest BCUT2D eigenvalue weighted by Gasteiger charge is -2.27. The van der Waals surface area contributed by atoms with Crippen LogP contribution >= 0.6 is 22.7 Å². The average Bonchev–Trinajstić information content (AvgIpc) is 4.01. The maximum Gasteiger partial charge on any atom is 0.135 e. The summed E-state index contributed by atoms with van der Waals surface area (Å²) in [5, 5.41) is 9.19. The van der Waals surface area contributed by atoms with Gasteiger partial charge in [0.2, 0.25) is 0 Å². The summed E-state index contributed by atoms with van der Waals surface area (Å²) in [5.41, 5.74) is 9.03. The molecule has 1 aliphatic rings. The van der Waals surface area contributed by atoms with Crippen molar-refractivity contribution in [2.75, 3.05) is 9.80 Å². The topological polar surface area (TPSA) is 19.6 Å². The maximum atomic E-state index is 6.99. The summed E-state index contributed by atoms with van der Waals surface area (Å²) < 4.78 is 12.2. The molecular formula is C52H36N2OS2Si. The molecule has 0 spiro atoms. The van der Waals surface area contributed by atoms with Crippen LogP contribution in [0.15, 0.2) is 186 Å². The number of furan rings is 1. The lowest BCUT2D eigenvalue weighted by Crippen LogP contribution is -2.49. The molecule has 4 heterocycles. The van der Waals surface area contributed by atoms with Gasteiger partial charge in [-0.3, -0.25) is 0 Å². The number of anilines is 6. The van der Waals surface area contributed by atoms with Crippen molar-refractivity contribution in [2.24, 2.45) is 0 Å². The first kappa shape index (κ1) is 33.7. The van der Waals surface area contributed by atoms with Crippen LogP contribution in [0, 0.1) is 0 Å². The smallest absolute Gasteiger partial charge is 0.135 e. The van der Waals surface area contributed by atoms with Gasteiger partial charge in [-0.2, -0.15) is 0 Å². The van der Waals surface area contributed by atoms with Crippen LogP contribution in [0.25, 0.3) is 62.6 Å². The van der Waals surface area contributed by atoms with E-state index in [2.05, 4.69) is 205 Å². The van der Waals surface area contributed by atoms with Gasteiger partial charge in [0, 0.05) is 64.6 Å². The van der Waals surface area contributed by atoms with Crippen LogP contribution in [0.1, 0.15) is 0 Å². The minimum absolute atomic E-state index is 0.938. The van der Waals surface area contributed by atoms with Gasteiger partial charge in [0.25, 0.3) is 0 Å². The number of thiophene rings is 2. The Bertz CT molecular complexity index is 3400. The Labute approximate surface area is 345 Å². The zero-order valence-electron chi connectivity index (χ0n) is 31.9. The highest BCUT2D eigenvalue weighted by Crippen LogP contribution is 2.48. The Hall–Kier alpha value is -6.44. The highest BCUT2D eigenvalue weighted by Gasteiger charge is 2.42. The molecule has 12 rings (SSSR count). The normalized spacial score (nSPS) is 13.1. The molecule has 8 aromatic carbocycles. The van der Waals surface area contributed by atoms with Crippen LogP contribution < -0.4 is 20.2 Å². The second-order valence-electron chi connectivity index (χ2n) is 15.7. The molecule has 6 heteroatoms. The fourth-order valence-electron chi connectivity index (χ4n) is 9.40. The fourth-order valence-corrected chi connectivity index (χ4v) is 15.1. The third-order valence-corrected chi connectivity index (χ3v) is 18.0. The lowest BCUT2D eigenvalue weighted by molar-refractivity contribution is 0.635. The maximum absolute atomic E-state index is 6.99. The summed E-state index contributed by atoms with van der Waals surface area (Å²) in [6.45, 7) is 4.97. The van der Waals surface area contributed by atoms with Crippen molar-refractivity contribution >= 4 is 127 Å². The Morgan fingerprint density at radius 1 is 0.431 bits per heavy atom. The number of hydrogen-bond donors (Lipinski definition) is 0. The Morgan fingerprint density at radius 2 is 0.931 bits per heavy atom. The monoisotopic (exact) mass is 796 g/mol.